The van der Waals surface area contributed by atoms with Crippen molar-refractivity contribution in [2.24, 2.45) is 0 Å². The highest BCUT2D eigenvalue weighted by Gasteiger charge is 2.25. The molecule has 0 saturated heterocycles. The maximum atomic E-state index is 12.7. The van der Waals surface area contributed by atoms with Crippen LogP contribution in [-0.4, -0.2) is 34.7 Å². The number of hydrogen-bond donors (Lipinski definition) is 1. The Morgan fingerprint density at radius 1 is 1.36 bits per heavy atom. The van der Waals surface area contributed by atoms with Gasteiger partial charge in [0, 0.05) is 25.2 Å². The van der Waals surface area contributed by atoms with E-state index in [1.165, 1.54) is 12.1 Å². The second-order valence-corrected chi connectivity index (χ2v) is 7.15. The zero-order chi connectivity index (χ0) is 21.0. The molecule has 1 heterocycles. The summed E-state index contributed by atoms with van der Waals surface area (Å²) in [5.74, 6) is -0.925. The van der Waals surface area contributed by atoms with Crippen molar-refractivity contribution in [1.29, 1.82) is 5.26 Å². The summed E-state index contributed by atoms with van der Waals surface area (Å²) in [4.78, 5) is 37.5. The second-order valence-electron chi connectivity index (χ2n) is 5.72. The van der Waals surface area contributed by atoms with Crippen LogP contribution in [0.15, 0.2) is 18.2 Å². The van der Waals surface area contributed by atoms with Gasteiger partial charge in [-0.25, -0.2) is 0 Å². The molecule has 8 nitrogen and oxygen atoms in total. The molecule has 146 valence electrons. The number of thiophene rings is 1. The highest BCUT2D eigenvalue weighted by atomic mass is 35.5. The smallest absolute Gasteiger partial charge is 0.270 e. The molecule has 10 heteroatoms. The first-order valence-corrected chi connectivity index (χ1v) is 9.52. The van der Waals surface area contributed by atoms with Gasteiger partial charge in [-0.3, -0.25) is 19.7 Å². The van der Waals surface area contributed by atoms with Crippen LogP contribution in [0.25, 0.3) is 0 Å². The van der Waals surface area contributed by atoms with Crippen molar-refractivity contribution in [2.45, 2.75) is 20.8 Å². The van der Waals surface area contributed by atoms with E-state index in [9.17, 15) is 25.0 Å². The Balaban J connectivity index is 2.42. The number of anilines is 1. The topological polar surface area (TPSA) is 116 Å². The molecule has 0 saturated carbocycles. The third-order valence-electron chi connectivity index (χ3n) is 4.14. The first kappa shape index (κ1) is 21.3. The lowest BCUT2D eigenvalue weighted by Gasteiger charge is -2.17. The number of rotatable bonds is 6. The van der Waals surface area contributed by atoms with Crippen molar-refractivity contribution in [3.63, 3.8) is 0 Å². The minimum absolute atomic E-state index is 0.0364. The molecule has 1 aromatic carbocycles. The van der Waals surface area contributed by atoms with Crippen molar-refractivity contribution >= 4 is 45.4 Å². The summed E-state index contributed by atoms with van der Waals surface area (Å²) in [6.45, 7) is 6.37. The predicted octanol–water partition coefficient (Wildman–Crippen LogP) is 4.22. The number of nitriles is 1. The average molecular weight is 421 g/mol. The minimum Gasteiger partial charge on any atom is -0.338 e. The fourth-order valence-electron chi connectivity index (χ4n) is 2.57. The number of nitro benzene ring substituents is 1. The molecule has 2 rings (SSSR count). The van der Waals surface area contributed by atoms with Crippen LogP contribution in [0.2, 0.25) is 5.02 Å². The second kappa shape index (κ2) is 8.82. The number of carbonyl (C=O) groups excluding carboxylic acids is 2. The van der Waals surface area contributed by atoms with Crippen LogP contribution in [0.1, 0.15) is 45.0 Å². The normalized spacial score (nSPS) is 10.2. The van der Waals surface area contributed by atoms with E-state index in [1.54, 1.807) is 11.8 Å². The fourth-order valence-corrected chi connectivity index (χ4v) is 3.89. The summed E-state index contributed by atoms with van der Waals surface area (Å²) in [6, 6.07) is 5.51. The van der Waals surface area contributed by atoms with Crippen molar-refractivity contribution in [3.8, 4) is 6.07 Å². The first-order valence-electron chi connectivity index (χ1n) is 8.33. The Labute approximate surface area is 170 Å². The molecule has 0 aliphatic carbocycles. The number of amides is 2. The number of nitro groups is 1. The van der Waals surface area contributed by atoms with Gasteiger partial charge in [0.15, 0.2) is 0 Å². The Kier molecular flexibility index (Phi) is 6.72. The quantitative estimate of drug-likeness (QED) is 0.554. The molecule has 0 fully saturated rings. The SMILES string of the molecule is CCN(CC)C(=O)c1sc(NC(=O)c2cc([N+](=O)[O-])ccc2Cl)c(C#N)c1C. The van der Waals surface area contributed by atoms with Gasteiger partial charge in [-0.1, -0.05) is 11.6 Å². The standard InChI is InChI=1S/C18H17ClN4O4S/c1-4-22(5-2)18(25)15-10(3)13(9-20)17(28-15)21-16(24)12-8-11(23(26)27)6-7-14(12)19/h6-8H,4-5H2,1-3H3,(H,21,24). The molecule has 28 heavy (non-hydrogen) atoms. The molecular formula is C18H17ClN4O4S. The predicted molar refractivity (Wildman–Crippen MR) is 107 cm³/mol. The largest absolute Gasteiger partial charge is 0.338 e. The summed E-state index contributed by atoms with van der Waals surface area (Å²) in [6.07, 6.45) is 0. The molecule has 0 spiro atoms. The van der Waals surface area contributed by atoms with Crippen molar-refractivity contribution in [2.75, 3.05) is 18.4 Å². The van der Waals surface area contributed by atoms with Gasteiger partial charge in [0.25, 0.3) is 17.5 Å². The number of benzene rings is 1. The Morgan fingerprint density at radius 3 is 2.54 bits per heavy atom. The number of non-ortho nitro benzene ring substituents is 1. The highest BCUT2D eigenvalue weighted by Crippen LogP contribution is 2.34. The van der Waals surface area contributed by atoms with Crippen LogP contribution in [0.5, 0.6) is 0 Å². The Bertz CT molecular complexity index is 992. The lowest BCUT2D eigenvalue weighted by molar-refractivity contribution is -0.384. The van der Waals surface area contributed by atoms with E-state index in [0.717, 1.165) is 17.4 Å². The van der Waals surface area contributed by atoms with Gasteiger partial charge < -0.3 is 10.2 Å². The van der Waals surface area contributed by atoms with E-state index in [2.05, 4.69) is 5.32 Å². The Morgan fingerprint density at radius 2 is 2.00 bits per heavy atom. The van der Waals surface area contributed by atoms with Crippen molar-refractivity contribution < 1.29 is 14.5 Å². The van der Waals surface area contributed by atoms with Crippen LogP contribution >= 0.6 is 22.9 Å². The van der Waals surface area contributed by atoms with Crippen LogP contribution in [0, 0.1) is 28.4 Å². The summed E-state index contributed by atoms with van der Waals surface area (Å²) in [5, 5.41) is 23.2. The summed E-state index contributed by atoms with van der Waals surface area (Å²) < 4.78 is 0. The molecule has 0 bridgehead atoms. The van der Waals surface area contributed by atoms with Gasteiger partial charge >= 0.3 is 0 Å². The van der Waals surface area contributed by atoms with E-state index in [0.29, 0.717) is 23.5 Å². The van der Waals surface area contributed by atoms with E-state index in [1.807, 2.05) is 19.9 Å². The summed E-state index contributed by atoms with van der Waals surface area (Å²) >= 11 is 6.99. The van der Waals surface area contributed by atoms with Crippen LogP contribution in [0.3, 0.4) is 0 Å². The van der Waals surface area contributed by atoms with Gasteiger partial charge in [0.1, 0.15) is 11.1 Å². The number of carbonyl (C=O) groups is 2. The van der Waals surface area contributed by atoms with E-state index in [4.69, 9.17) is 11.6 Å². The van der Waals surface area contributed by atoms with Crippen molar-refractivity contribution in [3.05, 3.63) is 54.9 Å². The first-order chi connectivity index (χ1) is 13.2. The molecular weight excluding hydrogens is 404 g/mol. The van der Waals surface area contributed by atoms with Gasteiger partial charge in [-0.05, 0) is 32.4 Å². The third kappa shape index (κ3) is 4.13. The monoisotopic (exact) mass is 420 g/mol. The number of halogens is 1. The molecule has 2 aromatic rings. The fraction of sp³-hybridized carbons (Fsp3) is 0.278. The van der Waals surface area contributed by atoms with Crippen LogP contribution in [0.4, 0.5) is 10.7 Å². The lowest BCUT2D eigenvalue weighted by Crippen LogP contribution is -2.30. The lowest BCUT2D eigenvalue weighted by atomic mass is 10.1. The zero-order valence-electron chi connectivity index (χ0n) is 15.4. The van der Waals surface area contributed by atoms with E-state index in [-0.39, 0.29) is 32.7 Å². The van der Waals surface area contributed by atoms with Crippen LogP contribution < -0.4 is 5.32 Å². The highest BCUT2D eigenvalue weighted by molar-refractivity contribution is 7.18. The molecule has 0 aliphatic heterocycles. The van der Waals surface area contributed by atoms with Crippen LogP contribution in [-0.2, 0) is 0 Å². The Hall–Kier alpha value is -2.96. The molecule has 1 aromatic heterocycles. The van der Waals surface area contributed by atoms with Crippen molar-refractivity contribution in [1.82, 2.24) is 4.90 Å². The molecule has 2 amide bonds. The molecule has 0 unspecified atom stereocenters. The summed E-state index contributed by atoms with van der Waals surface area (Å²) in [5.41, 5.74) is 0.275. The number of hydrogen-bond acceptors (Lipinski definition) is 6. The zero-order valence-corrected chi connectivity index (χ0v) is 17.0. The molecule has 0 atom stereocenters. The number of nitrogens with zero attached hydrogens (tertiary/aromatic N) is 3. The maximum absolute atomic E-state index is 12.7. The maximum Gasteiger partial charge on any atom is 0.270 e. The average Bonchev–Trinajstić information content (AvgIpc) is 2.97. The van der Waals surface area contributed by atoms with E-state index < -0.39 is 10.8 Å². The van der Waals surface area contributed by atoms with Gasteiger partial charge in [0.05, 0.1) is 25.9 Å². The number of nitrogens with one attached hydrogen (secondary N) is 1. The van der Waals surface area contributed by atoms with Gasteiger partial charge in [0.2, 0.25) is 0 Å². The minimum atomic E-state index is -0.701. The van der Waals surface area contributed by atoms with Gasteiger partial charge in [-0.15, -0.1) is 11.3 Å². The van der Waals surface area contributed by atoms with Gasteiger partial charge in [-0.2, -0.15) is 5.26 Å². The third-order valence-corrected chi connectivity index (χ3v) is 5.66. The van der Waals surface area contributed by atoms with E-state index >= 15 is 0 Å². The molecule has 0 aliphatic rings. The molecule has 1 N–H and O–H groups in total. The molecule has 0 radical (unpaired) electrons. The summed E-state index contributed by atoms with van der Waals surface area (Å²) in [7, 11) is 0.